The van der Waals surface area contributed by atoms with E-state index in [9.17, 15) is 4.79 Å². The van der Waals surface area contributed by atoms with Crippen LogP contribution in [0.25, 0.3) is 0 Å². The number of unbranched alkanes of at least 4 members (excludes halogenated alkanes) is 4. The molecule has 0 aliphatic rings. The summed E-state index contributed by atoms with van der Waals surface area (Å²) < 4.78 is 5.52. The maximum Gasteiger partial charge on any atom is 0.239 e. The van der Waals surface area contributed by atoms with Crippen molar-refractivity contribution < 1.29 is 9.53 Å². The van der Waals surface area contributed by atoms with E-state index in [1.807, 2.05) is 24.3 Å². The van der Waals surface area contributed by atoms with Gasteiger partial charge in [-0.05, 0) is 37.1 Å². The standard InChI is InChI=1S/C18H30N2O2/c1-3-5-6-7-8-13-19-18(21)15-20-16-9-11-17(12-10-16)22-14-4-2/h9-12,20H,3-8,13-15H2,1-2H3,(H,19,21). The lowest BCUT2D eigenvalue weighted by molar-refractivity contribution is -0.119. The molecular formula is C18H30N2O2. The molecule has 0 atom stereocenters. The van der Waals surface area contributed by atoms with E-state index >= 15 is 0 Å². The van der Waals surface area contributed by atoms with E-state index in [4.69, 9.17) is 4.74 Å². The second kappa shape index (κ2) is 11.9. The third kappa shape index (κ3) is 8.55. The third-order valence-corrected chi connectivity index (χ3v) is 3.38. The number of ether oxygens (including phenoxy) is 1. The van der Waals surface area contributed by atoms with Crippen LogP contribution >= 0.6 is 0 Å². The monoisotopic (exact) mass is 306 g/mol. The van der Waals surface area contributed by atoms with E-state index in [1.54, 1.807) is 0 Å². The van der Waals surface area contributed by atoms with Gasteiger partial charge in [0.25, 0.3) is 0 Å². The zero-order chi connectivity index (χ0) is 16.0. The molecule has 0 saturated heterocycles. The highest BCUT2D eigenvalue weighted by molar-refractivity contribution is 5.80. The third-order valence-electron chi connectivity index (χ3n) is 3.38. The summed E-state index contributed by atoms with van der Waals surface area (Å²) in [4.78, 5) is 11.7. The summed E-state index contributed by atoms with van der Waals surface area (Å²) in [6, 6.07) is 7.71. The number of benzene rings is 1. The van der Waals surface area contributed by atoms with Crippen LogP contribution in [-0.4, -0.2) is 25.6 Å². The highest BCUT2D eigenvalue weighted by Gasteiger charge is 2.01. The second-order valence-corrected chi connectivity index (χ2v) is 5.49. The van der Waals surface area contributed by atoms with Crippen LogP contribution in [0.2, 0.25) is 0 Å². The Hall–Kier alpha value is -1.71. The van der Waals surface area contributed by atoms with Gasteiger partial charge >= 0.3 is 0 Å². The molecule has 0 saturated carbocycles. The molecule has 0 aliphatic carbocycles. The number of hydrogen-bond acceptors (Lipinski definition) is 3. The highest BCUT2D eigenvalue weighted by atomic mass is 16.5. The van der Waals surface area contributed by atoms with Crippen LogP contribution in [0.4, 0.5) is 5.69 Å². The summed E-state index contributed by atoms with van der Waals surface area (Å²) in [5.74, 6) is 0.908. The molecule has 0 aromatic heterocycles. The Kier molecular flexibility index (Phi) is 9.92. The van der Waals surface area contributed by atoms with Crippen molar-refractivity contribution in [3.63, 3.8) is 0 Å². The largest absolute Gasteiger partial charge is 0.494 e. The smallest absolute Gasteiger partial charge is 0.239 e. The first-order chi connectivity index (χ1) is 10.8. The molecule has 0 heterocycles. The zero-order valence-electron chi connectivity index (χ0n) is 14.0. The van der Waals surface area contributed by atoms with Crippen LogP contribution in [-0.2, 0) is 4.79 Å². The van der Waals surface area contributed by atoms with E-state index in [2.05, 4.69) is 24.5 Å². The fraction of sp³-hybridized carbons (Fsp3) is 0.611. The molecule has 1 amide bonds. The molecule has 0 bridgehead atoms. The van der Waals surface area contributed by atoms with Crippen molar-refractivity contribution in [1.82, 2.24) is 5.32 Å². The average Bonchev–Trinajstić information content (AvgIpc) is 2.55. The van der Waals surface area contributed by atoms with E-state index in [1.165, 1.54) is 25.7 Å². The minimum atomic E-state index is 0.0433. The van der Waals surface area contributed by atoms with E-state index in [-0.39, 0.29) is 5.91 Å². The van der Waals surface area contributed by atoms with Crippen molar-refractivity contribution in [1.29, 1.82) is 0 Å². The van der Waals surface area contributed by atoms with Crippen molar-refractivity contribution in [2.75, 3.05) is 25.0 Å². The predicted octanol–water partition coefficient (Wildman–Crippen LogP) is 3.97. The van der Waals surface area contributed by atoms with Crippen molar-refractivity contribution >= 4 is 11.6 Å². The molecule has 0 fully saturated rings. The molecule has 1 aromatic rings. The molecule has 1 aromatic carbocycles. The molecule has 0 spiro atoms. The van der Waals surface area contributed by atoms with Crippen molar-refractivity contribution in [3.05, 3.63) is 24.3 Å². The lowest BCUT2D eigenvalue weighted by atomic mass is 10.1. The lowest BCUT2D eigenvalue weighted by Crippen LogP contribution is -2.30. The number of anilines is 1. The van der Waals surface area contributed by atoms with E-state index < -0.39 is 0 Å². The van der Waals surface area contributed by atoms with Crippen molar-refractivity contribution in [3.8, 4) is 5.75 Å². The molecule has 124 valence electrons. The maximum atomic E-state index is 11.7. The minimum Gasteiger partial charge on any atom is -0.494 e. The zero-order valence-corrected chi connectivity index (χ0v) is 14.0. The van der Waals surface area contributed by atoms with E-state index in [0.29, 0.717) is 6.54 Å². The van der Waals surface area contributed by atoms with Gasteiger partial charge in [0.05, 0.1) is 13.2 Å². The summed E-state index contributed by atoms with van der Waals surface area (Å²) in [6.45, 7) is 6.10. The van der Waals surface area contributed by atoms with Gasteiger partial charge in [-0.15, -0.1) is 0 Å². The maximum absolute atomic E-state index is 11.7. The number of carbonyl (C=O) groups excluding carboxylic acids is 1. The van der Waals surface area contributed by atoms with Gasteiger partial charge in [-0.3, -0.25) is 4.79 Å². The predicted molar refractivity (Wildman–Crippen MR) is 92.5 cm³/mol. The molecule has 0 unspecified atom stereocenters. The Balaban J connectivity index is 2.12. The summed E-state index contributed by atoms with van der Waals surface area (Å²) in [6.07, 6.45) is 7.05. The number of nitrogens with one attached hydrogen (secondary N) is 2. The topological polar surface area (TPSA) is 50.4 Å². The van der Waals surface area contributed by atoms with Gasteiger partial charge < -0.3 is 15.4 Å². The first-order valence-corrected chi connectivity index (χ1v) is 8.49. The first-order valence-electron chi connectivity index (χ1n) is 8.49. The van der Waals surface area contributed by atoms with Crippen LogP contribution in [0.3, 0.4) is 0 Å². The second-order valence-electron chi connectivity index (χ2n) is 5.49. The number of amides is 1. The fourth-order valence-electron chi connectivity index (χ4n) is 2.09. The lowest BCUT2D eigenvalue weighted by Gasteiger charge is -2.09. The summed E-state index contributed by atoms with van der Waals surface area (Å²) >= 11 is 0. The van der Waals surface area contributed by atoms with Gasteiger partial charge in [-0.2, -0.15) is 0 Å². The molecule has 4 heteroatoms. The molecule has 22 heavy (non-hydrogen) atoms. The Labute approximate surface area is 134 Å². The fourth-order valence-corrected chi connectivity index (χ4v) is 2.09. The Bertz CT molecular complexity index is 404. The van der Waals surface area contributed by atoms with E-state index in [0.717, 1.165) is 37.4 Å². The SMILES string of the molecule is CCCCCCCNC(=O)CNc1ccc(OCCC)cc1. The van der Waals surface area contributed by atoms with Gasteiger partial charge in [0, 0.05) is 12.2 Å². The molecule has 1 rings (SSSR count). The number of rotatable bonds is 12. The van der Waals surface area contributed by atoms with Gasteiger partial charge in [-0.1, -0.05) is 39.5 Å². The van der Waals surface area contributed by atoms with Crippen LogP contribution < -0.4 is 15.4 Å². The summed E-state index contributed by atoms with van der Waals surface area (Å²) in [5, 5.41) is 6.06. The Morgan fingerprint density at radius 2 is 1.73 bits per heavy atom. The Morgan fingerprint density at radius 3 is 2.41 bits per heavy atom. The van der Waals surface area contributed by atoms with Crippen molar-refractivity contribution in [2.45, 2.75) is 52.4 Å². The van der Waals surface area contributed by atoms with Crippen LogP contribution in [0.15, 0.2) is 24.3 Å². The van der Waals surface area contributed by atoms with Gasteiger partial charge in [-0.25, -0.2) is 0 Å². The molecule has 0 aliphatic heterocycles. The van der Waals surface area contributed by atoms with Gasteiger partial charge in [0.15, 0.2) is 0 Å². The summed E-state index contributed by atoms with van der Waals surface area (Å²) in [5.41, 5.74) is 0.932. The summed E-state index contributed by atoms with van der Waals surface area (Å²) in [7, 11) is 0. The molecule has 0 radical (unpaired) electrons. The normalized spacial score (nSPS) is 10.3. The first kappa shape index (κ1) is 18.3. The van der Waals surface area contributed by atoms with Crippen LogP contribution in [0, 0.1) is 0 Å². The average molecular weight is 306 g/mol. The van der Waals surface area contributed by atoms with Crippen LogP contribution in [0.1, 0.15) is 52.4 Å². The minimum absolute atomic E-state index is 0.0433. The van der Waals surface area contributed by atoms with Gasteiger partial charge in [0.2, 0.25) is 5.91 Å². The number of hydrogen-bond donors (Lipinski definition) is 2. The molecule has 2 N–H and O–H groups in total. The van der Waals surface area contributed by atoms with Gasteiger partial charge in [0.1, 0.15) is 5.75 Å². The molecular weight excluding hydrogens is 276 g/mol. The molecule has 4 nitrogen and oxygen atoms in total. The Morgan fingerprint density at radius 1 is 1.00 bits per heavy atom. The van der Waals surface area contributed by atoms with Crippen molar-refractivity contribution in [2.24, 2.45) is 0 Å². The highest BCUT2D eigenvalue weighted by Crippen LogP contribution is 2.15. The number of carbonyl (C=O) groups is 1. The van der Waals surface area contributed by atoms with Crippen LogP contribution in [0.5, 0.6) is 5.75 Å². The quantitative estimate of drug-likeness (QED) is 0.574.